The predicted octanol–water partition coefficient (Wildman–Crippen LogP) is 2.42. The van der Waals surface area contributed by atoms with Gasteiger partial charge in [0.1, 0.15) is 5.69 Å². The first-order chi connectivity index (χ1) is 14.9. The standard InChI is InChI=1S/C21H22N6O3S/c1-14-13-30-10-9-26(14)20-11-17(15-3-5-16(6-4-15)31(2,28)29)19-12-22-21(27(19)25-20)18-7-8-23-24-18/h3-8,11-12,14H,9-10,13H2,1-2H3,(H,23,24). The fraction of sp³-hybridized carbons (Fsp3) is 0.286. The molecule has 0 aliphatic carbocycles. The number of fused-ring (bicyclic) bond motifs is 1. The molecule has 1 aromatic carbocycles. The Balaban J connectivity index is 1.71. The molecule has 4 heterocycles. The zero-order valence-corrected chi connectivity index (χ0v) is 18.0. The van der Waals surface area contributed by atoms with Gasteiger partial charge in [-0.1, -0.05) is 12.1 Å². The van der Waals surface area contributed by atoms with E-state index in [1.807, 2.05) is 28.8 Å². The van der Waals surface area contributed by atoms with E-state index in [2.05, 4.69) is 27.0 Å². The van der Waals surface area contributed by atoms with Gasteiger partial charge in [-0.2, -0.15) is 5.10 Å². The molecular formula is C21H22N6O3S. The third kappa shape index (κ3) is 3.57. The topological polar surface area (TPSA) is 105 Å². The van der Waals surface area contributed by atoms with Crippen molar-refractivity contribution in [3.63, 3.8) is 0 Å². The van der Waals surface area contributed by atoms with Gasteiger partial charge in [0.15, 0.2) is 21.5 Å². The first-order valence-electron chi connectivity index (χ1n) is 9.95. The van der Waals surface area contributed by atoms with Crippen LogP contribution in [0.1, 0.15) is 6.92 Å². The third-order valence-electron chi connectivity index (χ3n) is 5.49. The van der Waals surface area contributed by atoms with E-state index >= 15 is 0 Å². The monoisotopic (exact) mass is 438 g/mol. The van der Waals surface area contributed by atoms with Crippen molar-refractivity contribution in [2.45, 2.75) is 17.9 Å². The average molecular weight is 439 g/mol. The number of ether oxygens (including phenoxy) is 1. The molecule has 1 fully saturated rings. The lowest BCUT2D eigenvalue weighted by Crippen LogP contribution is -2.44. The second-order valence-electron chi connectivity index (χ2n) is 7.68. The minimum absolute atomic E-state index is 0.179. The molecule has 31 heavy (non-hydrogen) atoms. The number of benzene rings is 1. The van der Waals surface area contributed by atoms with Crippen molar-refractivity contribution in [2.75, 3.05) is 30.9 Å². The summed E-state index contributed by atoms with van der Waals surface area (Å²) in [6.07, 6.45) is 4.66. The lowest BCUT2D eigenvalue weighted by molar-refractivity contribution is 0.0984. The largest absolute Gasteiger partial charge is 0.377 e. The molecule has 1 saturated heterocycles. The van der Waals surface area contributed by atoms with Crippen LogP contribution in [0.4, 0.5) is 5.82 Å². The predicted molar refractivity (Wildman–Crippen MR) is 117 cm³/mol. The molecule has 1 aliphatic rings. The van der Waals surface area contributed by atoms with E-state index in [4.69, 9.17) is 9.84 Å². The van der Waals surface area contributed by atoms with Gasteiger partial charge in [0.2, 0.25) is 0 Å². The summed E-state index contributed by atoms with van der Waals surface area (Å²) in [5.74, 6) is 1.47. The Kier molecular flexibility index (Phi) is 4.75. The van der Waals surface area contributed by atoms with Crippen molar-refractivity contribution in [3.8, 4) is 22.6 Å². The Labute approximate surface area is 179 Å². The number of anilines is 1. The SMILES string of the molecule is CC1COCCN1c1cc(-c2ccc(S(C)(=O)=O)cc2)c2cnc(-c3ccn[nH]3)n2n1. The van der Waals surface area contributed by atoms with E-state index in [1.165, 1.54) is 6.26 Å². The van der Waals surface area contributed by atoms with Gasteiger partial charge in [0.25, 0.3) is 0 Å². The molecule has 5 rings (SSSR count). The number of rotatable bonds is 4. The van der Waals surface area contributed by atoms with Gasteiger partial charge in [-0.3, -0.25) is 5.10 Å². The third-order valence-corrected chi connectivity index (χ3v) is 6.62. The number of aromatic nitrogens is 5. The van der Waals surface area contributed by atoms with Crippen LogP contribution in [0.2, 0.25) is 0 Å². The van der Waals surface area contributed by atoms with Gasteiger partial charge in [-0.25, -0.2) is 17.9 Å². The summed E-state index contributed by atoms with van der Waals surface area (Å²) in [7, 11) is -3.27. The van der Waals surface area contributed by atoms with Crippen LogP contribution < -0.4 is 4.90 Å². The van der Waals surface area contributed by atoms with E-state index in [0.29, 0.717) is 19.0 Å². The van der Waals surface area contributed by atoms with Crippen molar-refractivity contribution >= 4 is 21.2 Å². The quantitative estimate of drug-likeness (QED) is 0.522. The first-order valence-corrected chi connectivity index (χ1v) is 11.8. The molecule has 0 bridgehead atoms. The summed E-state index contributed by atoms with van der Waals surface area (Å²) in [6.45, 7) is 4.12. The molecule has 0 saturated carbocycles. The number of nitrogens with one attached hydrogen (secondary N) is 1. The summed E-state index contributed by atoms with van der Waals surface area (Å²) < 4.78 is 31.1. The zero-order valence-electron chi connectivity index (χ0n) is 17.2. The zero-order chi connectivity index (χ0) is 21.6. The second-order valence-corrected chi connectivity index (χ2v) is 9.69. The normalized spacial score (nSPS) is 17.4. The fourth-order valence-electron chi connectivity index (χ4n) is 3.85. The Morgan fingerprint density at radius 1 is 1.19 bits per heavy atom. The van der Waals surface area contributed by atoms with E-state index in [1.54, 1.807) is 24.5 Å². The van der Waals surface area contributed by atoms with Crippen LogP contribution in [0, 0.1) is 0 Å². The molecule has 10 heteroatoms. The van der Waals surface area contributed by atoms with Gasteiger partial charge in [-0.05, 0) is 36.8 Å². The molecule has 1 unspecified atom stereocenters. The van der Waals surface area contributed by atoms with Gasteiger partial charge in [0, 0.05) is 24.6 Å². The maximum Gasteiger partial charge on any atom is 0.179 e. The van der Waals surface area contributed by atoms with Crippen LogP contribution in [0.25, 0.3) is 28.2 Å². The Morgan fingerprint density at radius 2 is 2.00 bits per heavy atom. The highest BCUT2D eigenvalue weighted by Crippen LogP contribution is 2.32. The number of imidazole rings is 1. The maximum atomic E-state index is 11.9. The van der Waals surface area contributed by atoms with E-state index < -0.39 is 9.84 Å². The van der Waals surface area contributed by atoms with Gasteiger partial charge in [-0.15, -0.1) is 5.10 Å². The fourth-order valence-corrected chi connectivity index (χ4v) is 4.48. The molecule has 1 atom stereocenters. The van der Waals surface area contributed by atoms with Crippen molar-refractivity contribution in [3.05, 3.63) is 48.8 Å². The maximum absolute atomic E-state index is 11.9. The minimum Gasteiger partial charge on any atom is -0.377 e. The summed E-state index contributed by atoms with van der Waals surface area (Å²) >= 11 is 0. The number of nitrogens with zero attached hydrogens (tertiary/aromatic N) is 5. The Hall–Kier alpha value is -3.24. The molecule has 1 N–H and O–H groups in total. The lowest BCUT2D eigenvalue weighted by atomic mass is 10.1. The molecule has 1 aliphatic heterocycles. The van der Waals surface area contributed by atoms with E-state index in [0.717, 1.165) is 34.7 Å². The lowest BCUT2D eigenvalue weighted by Gasteiger charge is -2.34. The molecule has 4 aromatic rings. The first kappa shape index (κ1) is 19.7. The molecule has 0 spiro atoms. The van der Waals surface area contributed by atoms with Crippen molar-refractivity contribution in [1.82, 2.24) is 24.8 Å². The number of aromatic amines is 1. The number of morpholine rings is 1. The molecule has 160 valence electrons. The number of hydrogen-bond acceptors (Lipinski definition) is 7. The Bertz CT molecular complexity index is 1330. The molecular weight excluding hydrogens is 416 g/mol. The van der Waals surface area contributed by atoms with Crippen LogP contribution >= 0.6 is 0 Å². The van der Waals surface area contributed by atoms with Crippen LogP contribution in [-0.4, -0.2) is 65.3 Å². The van der Waals surface area contributed by atoms with Crippen LogP contribution in [0.5, 0.6) is 0 Å². The second kappa shape index (κ2) is 7.47. The average Bonchev–Trinajstić information content (AvgIpc) is 3.42. The molecule has 9 nitrogen and oxygen atoms in total. The molecule has 0 amide bonds. The van der Waals surface area contributed by atoms with Crippen molar-refractivity contribution in [1.29, 1.82) is 0 Å². The Morgan fingerprint density at radius 3 is 2.68 bits per heavy atom. The highest BCUT2D eigenvalue weighted by atomic mass is 32.2. The minimum atomic E-state index is -3.27. The molecule has 3 aromatic heterocycles. The van der Waals surface area contributed by atoms with Crippen LogP contribution in [0.3, 0.4) is 0 Å². The smallest absolute Gasteiger partial charge is 0.179 e. The summed E-state index contributed by atoms with van der Waals surface area (Å²) in [5.41, 5.74) is 3.39. The van der Waals surface area contributed by atoms with Gasteiger partial charge >= 0.3 is 0 Å². The van der Waals surface area contributed by atoms with E-state index in [9.17, 15) is 8.42 Å². The highest BCUT2D eigenvalue weighted by molar-refractivity contribution is 7.90. The van der Waals surface area contributed by atoms with Gasteiger partial charge < -0.3 is 9.64 Å². The van der Waals surface area contributed by atoms with Crippen molar-refractivity contribution < 1.29 is 13.2 Å². The van der Waals surface area contributed by atoms with Gasteiger partial charge in [0.05, 0.1) is 35.9 Å². The number of H-pyrrole nitrogens is 1. The summed E-state index contributed by atoms with van der Waals surface area (Å²) in [4.78, 5) is 7.08. The number of sulfone groups is 1. The summed E-state index contributed by atoms with van der Waals surface area (Å²) in [6, 6.07) is 11.0. The van der Waals surface area contributed by atoms with E-state index in [-0.39, 0.29) is 10.9 Å². The highest BCUT2D eigenvalue weighted by Gasteiger charge is 2.23. The summed E-state index contributed by atoms with van der Waals surface area (Å²) in [5, 5.41) is 11.9. The number of hydrogen-bond donors (Lipinski definition) is 1. The van der Waals surface area contributed by atoms with Crippen LogP contribution in [0.15, 0.2) is 53.7 Å². The van der Waals surface area contributed by atoms with Crippen molar-refractivity contribution in [2.24, 2.45) is 0 Å². The molecule has 0 radical (unpaired) electrons. The van der Waals surface area contributed by atoms with Crippen LogP contribution in [-0.2, 0) is 14.6 Å².